The van der Waals surface area contributed by atoms with Gasteiger partial charge in [0.1, 0.15) is 5.69 Å². The molecule has 0 atom stereocenters. The van der Waals surface area contributed by atoms with Crippen LogP contribution in [-0.4, -0.2) is 21.3 Å². The molecule has 1 aliphatic rings. The molecule has 7 nitrogen and oxygen atoms in total. The number of fused-ring (bicyclic) bond motifs is 1. The van der Waals surface area contributed by atoms with E-state index in [0.29, 0.717) is 36.2 Å². The molecule has 20 heavy (non-hydrogen) atoms. The molecule has 0 bridgehead atoms. The Labute approximate surface area is 119 Å². The summed E-state index contributed by atoms with van der Waals surface area (Å²) in [5.74, 6) is 0.337. The fourth-order valence-electron chi connectivity index (χ4n) is 2.28. The van der Waals surface area contributed by atoms with Crippen molar-refractivity contribution in [3.05, 3.63) is 44.6 Å². The highest BCUT2D eigenvalue weighted by Gasteiger charge is 2.25. The van der Waals surface area contributed by atoms with Gasteiger partial charge in [0.15, 0.2) is 5.82 Å². The maximum Gasteiger partial charge on any atom is 0.296 e. The van der Waals surface area contributed by atoms with E-state index in [1.54, 1.807) is 12.1 Å². The zero-order valence-corrected chi connectivity index (χ0v) is 11.1. The number of rotatable bonds is 2. The molecule has 3 rings (SSSR count). The third kappa shape index (κ3) is 2.00. The number of nitrogens with zero attached hydrogens (tertiary/aromatic N) is 3. The van der Waals surface area contributed by atoms with Crippen LogP contribution < -0.4 is 5.73 Å². The van der Waals surface area contributed by atoms with Gasteiger partial charge in [0.05, 0.1) is 23.8 Å². The molecule has 0 amide bonds. The molecule has 8 heteroatoms. The largest absolute Gasteiger partial charge is 0.382 e. The second kappa shape index (κ2) is 4.77. The Bertz CT molecular complexity index is 698. The molecule has 0 spiro atoms. The lowest BCUT2D eigenvalue weighted by molar-refractivity contribution is -0.384. The number of anilines is 1. The van der Waals surface area contributed by atoms with Gasteiger partial charge < -0.3 is 10.5 Å². The lowest BCUT2D eigenvalue weighted by Gasteiger charge is -2.14. The van der Waals surface area contributed by atoms with E-state index in [1.165, 1.54) is 10.7 Å². The molecule has 0 aliphatic carbocycles. The molecule has 0 saturated carbocycles. The van der Waals surface area contributed by atoms with Gasteiger partial charge in [0.25, 0.3) is 5.69 Å². The first kappa shape index (κ1) is 12.9. The summed E-state index contributed by atoms with van der Waals surface area (Å²) in [6, 6.07) is 4.47. The van der Waals surface area contributed by atoms with Crippen LogP contribution in [0.15, 0.2) is 18.2 Å². The molecule has 0 fully saturated rings. The number of hydrogen-bond acceptors (Lipinski definition) is 5. The van der Waals surface area contributed by atoms with Gasteiger partial charge in [-0.05, 0) is 12.1 Å². The van der Waals surface area contributed by atoms with Gasteiger partial charge in [0.2, 0.25) is 0 Å². The highest BCUT2D eigenvalue weighted by molar-refractivity contribution is 6.30. The van der Waals surface area contributed by atoms with Crippen LogP contribution in [-0.2, 0) is 17.8 Å². The van der Waals surface area contributed by atoms with Gasteiger partial charge in [-0.3, -0.25) is 10.1 Å². The zero-order valence-electron chi connectivity index (χ0n) is 10.4. The smallest absolute Gasteiger partial charge is 0.296 e. The van der Waals surface area contributed by atoms with Crippen molar-refractivity contribution >= 4 is 23.1 Å². The lowest BCUT2D eigenvalue weighted by atomic mass is 10.1. The monoisotopic (exact) mass is 294 g/mol. The van der Waals surface area contributed by atoms with Crippen LogP contribution in [0.2, 0.25) is 5.02 Å². The number of nitrogens with two attached hydrogens (primary N) is 1. The number of halogens is 1. The first-order valence-electron chi connectivity index (χ1n) is 5.96. The van der Waals surface area contributed by atoms with Gasteiger partial charge >= 0.3 is 0 Å². The van der Waals surface area contributed by atoms with Crippen LogP contribution >= 0.6 is 11.6 Å². The Morgan fingerprint density at radius 2 is 2.30 bits per heavy atom. The normalized spacial score (nSPS) is 14.1. The minimum absolute atomic E-state index is 0.103. The van der Waals surface area contributed by atoms with Gasteiger partial charge in [-0.25, -0.2) is 4.68 Å². The average molecular weight is 295 g/mol. The summed E-state index contributed by atoms with van der Waals surface area (Å²) in [7, 11) is 0. The van der Waals surface area contributed by atoms with E-state index < -0.39 is 4.92 Å². The molecule has 104 valence electrons. The van der Waals surface area contributed by atoms with Crippen molar-refractivity contribution in [3.8, 4) is 5.69 Å². The summed E-state index contributed by atoms with van der Waals surface area (Å²) < 4.78 is 6.85. The Morgan fingerprint density at radius 1 is 1.50 bits per heavy atom. The molecule has 2 aromatic rings. The van der Waals surface area contributed by atoms with Crippen molar-refractivity contribution in [1.82, 2.24) is 9.78 Å². The molecule has 1 aromatic heterocycles. The van der Waals surface area contributed by atoms with Crippen molar-refractivity contribution in [2.24, 2.45) is 0 Å². The van der Waals surface area contributed by atoms with E-state index in [2.05, 4.69) is 5.10 Å². The minimum Gasteiger partial charge on any atom is -0.382 e. The van der Waals surface area contributed by atoms with E-state index in [0.717, 1.165) is 11.3 Å². The Balaban J connectivity index is 2.21. The lowest BCUT2D eigenvalue weighted by Crippen LogP contribution is -2.13. The second-order valence-electron chi connectivity index (χ2n) is 4.42. The molecular formula is C12H11ClN4O3. The fourth-order valence-corrected chi connectivity index (χ4v) is 2.45. The summed E-state index contributed by atoms with van der Waals surface area (Å²) in [5, 5.41) is 15.7. The predicted molar refractivity (Wildman–Crippen MR) is 73.0 cm³/mol. The first-order valence-corrected chi connectivity index (χ1v) is 6.34. The molecule has 1 aliphatic heterocycles. The summed E-state index contributed by atoms with van der Waals surface area (Å²) in [4.78, 5) is 10.7. The van der Waals surface area contributed by atoms with Crippen molar-refractivity contribution < 1.29 is 9.66 Å². The number of aromatic nitrogens is 2. The Morgan fingerprint density at radius 3 is 3.05 bits per heavy atom. The molecule has 2 heterocycles. The quantitative estimate of drug-likeness (QED) is 0.676. The highest BCUT2D eigenvalue weighted by Crippen LogP contribution is 2.31. The van der Waals surface area contributed by atoms with Crippen LogP contribution in [0.1, 0.15) is 11.3 Å². The van der Waals surface area contributed by atoms with E-state index in [1.807, 2.05) is 0 Å². The van der Waals surface area contributed by atoms with Crippen LogP contribution in [0.3, 0.4) is 0 Å². The van der Waals surface area contributed by atoms with Crippen molar-refractivity contribution in [1.29, 1.82) is 0 Å². The van der Waals surface area contributed by atoms with Crippen LogP contribution in [0.25, 0.3) is 5.69 Å². The van der Waals surface area contributed by atoms with E-state index in [-0.39, 0.29) is 5.69 Å². The summed E-state index contributed by atoms with van der Waals surface area (Å²) in [6.07, 6.45) is 0.610. The number of nitro benzene ring substituents is 1. The third-order valence-corrected chi connectivity index (χ3v) is 3.45. The summed E-state index contributed by atoms with van der Waals surface area (Å²) in [5.41, 5.74) is 7.74. The maximum atomic E-state index is 11.2. The van der Waals surface area contributed by atoms with Gasteiger partial charge in [-0.1, -0.05) is 11.6 Å². The van der Waals surface area contributed by atoms with Gasteiger partial charge in [-0.15, -0.1) is 5.10 Å². The van der Waals surface area contributed by atoms with Crippen molar-refractivity contribution in [3.63, 3.8) is 0 Å². The number of nitrogen functional groups attached to an aromatic ring is 1. The second-order valence-corrected chi connectivity index (χ2v) is 4.85. The fraction of sp³-hybridized carbons (Fsp3) is 0.250. The van der Waals surface area contributed by atoms with Gasteiger partial charge in [0, 0.05) is 23.1 Å². The predicted octanol–water partition coefficient (Wildman–Crippen LogP) is 2.09. The minimum atomic E-state index is -0.481. The van der Waals surface area contributed by atoms with Crippen LogP contribution in [0.4, 0.5) is 11.5 Å². The highest BCUT2D eigenvalue weighted by atomic mass is 35.5. The molecular weight excluding hydrogens is 284 g/mol. The van der Waals surface area contributed by atoms with E-state index in [4.69, 9.17) is 22.1 Å². The number of ether oxygens (including phenoxy) is 1. The SMILES string of the molecule is Nc1nn(-c2ccc(Cl)cc2[N+](=O)[O-])c2c1COCC2. The number of benzene rings is 1. The Hall–Kier alpha value is -2.12. The van der Waals surface area contributed by atoms with E-state index in [9.17, 15) is 10.1 Å². The van der Waals surface area contributed by atoms with E-state index >= 15 is 0 Å². The number of hydrogen-bond donors (Lipinski definition) is 1. The third-order valence-electron chi connectivity index (χ3n) is 3.21. The summed E-state index contributed by atoms with van der Waals surface area (Å²) >= 11 is 5.82. The molecule has 2 N–H and O–H groups in total. The Kier molecular flexibility index (Phi) is 3.07. The molecule has 1 aromatic carbocycles. The molecule has 0 saturated heterocycles. The zero-order chi connectivity index (χ0) is 14.3. The molecule has 0 unspecified atom stereocenters. The van der Waals surface area contributed by atoms with Crippen molar-refractivity contribution in [2.75, 3.05) is 12.3 Å². The average Bonchev–Trinajstić information content (AvgIpc) is 2.77. The first-order chi connectivity index (χ1) is 9.58. The summed E-state index contributed by atoms with van der Waals surface area (Å²) in [6.45, 7) is 0.919. The maximum absolute atomic E-state index is 11.2. The van der Waals surface area contributed by atoms with Crippen LogP contribution in [0, 0.1) is 10.1 Å². The topological polar surface area (TPSA) is 96.2 Å². The number of nitro groups is 1. The van der Waals surface area contributed by atoms with Crippen molar-refractivity contribution in [2.45, 2.75) is 13.0 Å². The van der Waals surface area contributed by atoms with Crippen LogP contribution in [0.5, 0.6) is 0 Å². The standard InChI is InChI=1S/C12H11ClN4O3/c13-7-1-2-10(11(5-7)17(18)19)16-9-3-4-20-6-8(9)12(14)15-16/h1-2,5H,3-4,6H2,(H2,14,15). The van der Waals surface area contributed by atoms with Gasteiger partial charge in [-0.2, -0.15) is 0 Å². The molecule has 0 radical (unpaired) electrons.